The van der Waals surface area contributed by atoms with Crippen LogP contribution < -0.4 is 14.8 Å². The summed E-state index contributed by atoms with van der Waals surface area (Å²) in [6, 6.07) is 19.1. The zero-order chi connectivity index (χ0) is 26.4. The number of hydrogen-bond donors (Lipinski definition) is 1. The van der Waals surface area contributed by atoms with Gasteiger partial charge < -0.3 is 14.8 Å². The maximum atomic E-state index is 12.9. The highest BCUT2D eigenvalue weighted by atomic mass is 32.2. The topological polar surface area (TPSA) is 121 Å². The first-order chi connectivity index (χ1) is 17.9. The summed E-state index contributed by atoms with van der Waals surface area (Å²) in [5.74, 6) is 1.78. The molecule has 0 aliphatic rings. The Hall–Kier alpha value is -4.38. The second-order valence-corrected chi connectivity index (χ2v) is 8.95. The molecule has 3 aromatic carbocycles. The lowest BCUT2D eigenvalue weighted by molar-refractivity contribution is -0.384. The van der Waals surface area contributed by atoms with Gasteiger partial charge in [0.1, 0.15) is 11.5 Å². The molecule has 0 aliphatic carbocycles. The monoisotopic (exact) mass is 519 g/mol. The molecular formula is C26H25N5O5S. The molecular weight excluding hydrogens is 494 g/mol. The van der Waals surface area contributed by atoms with Gasteiger partial charge in [-0.05, 0) is 42.3 Å². The third-order valence-electron chi connectivity index (χ3n) is 5.66. The Bertz CT molecular complexity index is 1400. The fourth-order valence-electron chi connectivity index (χ4n) is 3.61. The number of ether oxygens (including phenoxy) is 2. The van der Waals surface area contributed by atoms with E-state index in [9.17, 15) is 14.9 Å². The van der Waals surface area contributed by atoms with Crippen LogP contribution in [0.1, 0.15) is 27.3 Å². The van der Waals surface area contributed by atoms with Gasteiger partial charge in [0, 0.05) is 35.2 Å². The van der Waals surface area contributed by atoms with Crippen LogP contribution in [0.25, 0.3) is 5.69 Å². The predicted octanol–water partition coefficient (Wildman–Crippen LogP) is 4.72. The van der Waals surface area contributed by atoms with Crippen molar-refractivity contribution in [3.8, 4) is 17.2 Å². The van der Waals surface area contributed by atoms with Gasteiger partial charge in [-0.3, -0.25) is 19.5 Å². The number of benzene rings is 3. The average molecular weight is 520 g/mol. The largest absolute Gasteiger partial charge is 0.497 e. The Balaban J connectivity index is 1.60. The van der Waals surface area contributed by atoms with Crippen LogP contribution in [0.5, 0.6) is 11.5 Å². The Morgan fingerprint density at radius 3 is 2.32 bits per heavy atom. The standard InChI is InChI=1S/C26H25N5O5S/c1-17-6-4-5-7-18(17)16-37-26-29-28-24(30(26)20-8-10-21(11-9-20)31(33)34)15-27-25(32)19-12-22(35-2)14-23(13-19)36-3/h4-14H,15-16H2,1-3H3,(H,27,32). The van der Waals surface area contributed by atoms with Crippen molar-refractivity contribution in [3.05, 3.63) is 99.4 Å². The molecule has 0 saturated heterocycles. The van der Waals surface area contributed by atoms with Crippen molar-refractivity contribution in [2.24, 2.45) is 0 Å². The van der Waals surface area contributed by atoms with Gasteiger partial charge in [0.05, 0.1) is 25.7 Å². The molecule has 0 spiro atoms. The van der Waals surface area contributed by atoms with Crippen LogP contribution in [0.4, 0.5) is 5.69 Å². The number of carbonyl (C=O) groups excluding carboxylic acids is 1. The first kappa shape index (κ1) is 25.7. The second-order valence-electron chi connectivity index (χ2n) is 8.01. The number of nitrogens with one attached hydrogen (secondary N) is 1. The molecule has 1 aromatic heterocycles. The minimum absolute atomic E-state index is 0.0206. The molecule has 0 atom stereocenters. The summed E-state index contributed by atoms with van der Waals surface area (Å²) < 4.78 is 12.3. The van der Waals surface area contributed by atoms with E-state index >= 15 is 0 Å². The summed E-state index contributed by atoms with van der Waals surface area (Å²) >= 11 is 1.49. The molecule has 37 heavy (non-hydrogen) atoms. The van der Waals surface area contributed by atoms with Crippen LogP contribution >= 0.6 is 11.8 Å². The molecule has 1 heterocycles. The Kier molecular flexibility index (Phi) is 8.04. The van der Waals surface area contributed by atoms with Crippen LogP contribution in [0, 0.1) is 17.0 Å². The van der Waals surface area contributed by atoms with Gasteiger partial charge in [0.25, 0.3) is 11.6 Å². The fourth-order valence-corrected chi connectivity index (χ4v) is 4.65. The van der Waals surface area contributed by atoms with Crippen molar-refractivity contribution in [2.45, 2.75) is 24.4 Å². The number of amides is 1. The van der Waals surface area contributed by atoms with Gasteiger partial charge in [-0.25, -0.2) is 0 Å². The van der Waals surface area contributed by atoms with E-state index in [1.807, 2.05) is 25.1 Å². The summed E-state index contributed by atoms with van der Waals surface area (Å²) in [6.07, 6.45) is 0. The smallest absolute Gasteiger partial charge is 0.269 e. The van der Waals surface area contributed by atoms with Crippen molar-refractivity contribution in [1.82, 2.24) is 20.1 Å². The lowest BCUT2D eigenvalue weighted by Crippen LogP contribution is -2.24. The quantitative estimate of drug-likeness (QED) is 0.181. The van der Waals surface area contributed by atoms with E-state index in [0.717, 1.165) is 11.1 Å². The number of nitrogens with zero attached hydrogens (tertiary/aromatic N) is 4. The number of methoxy groups -OCH3 is 2. The molecule has 190 valence electrons. The van der Waals surface area contributed by atoms with Crippen LogP contribution in [-0.2, 0) is 12.3 Å². The molecule has 4 aromatic rings. The summed E-state index contributed by atoms with van der Waals surface area (Å²) in [7, 11) is 3.03. The van der Waals surface area contributed by atoms with Crippen molar-refractivity contribution in [2.75, 3.05) is 14.2 Å². The molecule has 0 aliphatic heterocycles. The second kappa shape index (κ2) is 11.6. The number of aryl methyl sites for hydroxylation is 1. The van der Waals surface area contributed by atoms with Crippen molar-refractivity contribution in [3.63, 3.8) is 0 Å². The molecule has 0 saturated carbocycles. The highest BCUT2D eigenvalue weighted by Crippen LogP contribution is 2.28. The minimum Gasteiger partial charge on any atom is -0.497 e. The number of thioether (sulfide) groups is 1. The molecule has 0 bridgehead atoms. The van der Waals surface area contributed by atoms with Crippen molar-refractivity contribution in [1.29, 1.82) is 0 Å². The third-order valence-corrected chi connectivity index (χ3v) is 6.64. The maximum Gasteiger partial charge on any atom is 0.269 e. The van der Waals surface area contributed by atoms with E-state index in [1.54, 1.807) is 34.9 Å². The maximum absolute atomic E-state index is 12.9. The number of aromatic nitrogens is 3. The van der Waals surface area contributed by atoms with E-state index in [1.165, 1.54) is 38.1 Å². The van der Waals surface area contributed by atoms with Gasteiger partial charge in [-0.2, -0.15) is 0 Å². The summed E-state index contributed by atoms with van der Waals surface area (Å²) in [5.41, 5.74) is 3.32. The van der Waals surface area contributed by atoms with Crippen LogP contribution in [-0.4, -0.2) is 39.8 Å². The normalized spacial score (nSPS) is 10.7. The first-order valence-electron chi connectivity index (χ1n) is 11.3. The Labute approximate surface area is 217 Å². The van der Waals surface area contributed by atoms with Gasteiger partial charge in [0.15, 0.2) is 11.0 Å². The van der Waals surface area contributed by atoms with Crippen molar-refractivity contribution < 1.29 is 19.2 Å². The van der Waals surface area contributed by atoms with Gasteiger partial charge in [-0.1, -0.05) is 36.0 Å². The lowest BCUT2D eigenvalue weighted by atomic mass is 10.1. The molecule has 11 heteroatoms. The van der Waals surface area contributed by atoms with Gasteiger partial charge >= 0.3 is 0 Å². The molecule has 0 unspecified atom stereocenters. The van der Waals surface area contributed by atoms with Gasteiger partial charge in [0.2, 0.25) is 0 Å². The third kappa shape index (κ3) is 6.07. The summed E-state index contributed by atoms with van der Waals surface area (Å²) in [4.78, 5) is 23.6. The Morgan fingerprint density at radius 2 is 1.70 bits per heavy atom. The van der Waals surface area contributed by atoms with E-state index in [4.69, 9.17) is 9.47 Å². The number of nitro groups is 1. The number of nitro benzene ring substituents is 1. The number of rotatable bonds is 10. The van der Waals surface area contributed by atoms with Crippen LogP contribution in [0.15, 0.2) is 71.9 Å². The SMILES string of the molecule is COc1cc(OC)cc(C(=O)NCc2nnc(SCc3ccccc3C)n2-c2ccc([N+](=O)[O-])cc2)c1. The molecule has 4 rings (SSSR count). The van der Waals surface area contributed by atoms with E-state index in [0.29, 0.717) is 39.5 Å². The molecule has 0 fully saturated rings. The predicted molar refractivity (Wildman–Crippen MR) is 139 cm³/mol. The van der Waals surface area contributed by atoms with E-state index < -0.39 is 4.92 Å². The molecule has 1 amide bonds. The Morgan fingerprint density at radius 1 is 1.03 bits per heavy atom. The minimum atomic E-state index is -0.451. The number of non-ortho nitro benzene ring substituents is 1. The van der Waals surface area contributed by atoms with Crippen LogP contribution in [0.3, 0.4) is 0 Å². The zero-order valence-corrected chi connectivity index (χ0v) is 21.3. The van der Waals surface area contributed by atoms with Gasteiger partial charge in [-0.15, -0.1) is 10.2 Å². The van der Waals surface area contributed by atoms with Crippen molar-refractivity contribution >= 4 is 23.4 Å². The number of carbonyl (C=O) groups is 1. The average Bonchev–Trinajstić information content (AvgIpc) is 3.33. The molecule has 0 radical (unpaired) electrons. The van der Waals surface area contributed by atoms with E-state index in [2.05, 4.69) is 21.6 Å². The molecule has 10 nitrogen and oxygen atoms in total. The molecule has 1 N–H and O–H groups in total. The number of hydrogen-bond acceptors (Lipinski definition) is 8. The summed E-state index contributed by atoms with van der Waals surface area (Å²) in [6.45, 7) is 2.12. The first-order valence-corrected chi connectivity index (χ1v) is 12.3. The zero-order valence-electron chi connectivity index (χ0n) is 20.5. The highest BCUT2D eigenvalue weighted by Gasteiger charge is 2.18. The van der Waals surface area contributed by atoms with Crippen LogP contribution in [0.2, 0.25) is 0 Å². The highest BCUT2D eigenvalue weighted by molar-refractivity contribution is 7.98. The fraction of sp³-hybridized carbons (Fsp3) is 0.192. The van der Waals surface area contributed by atoms with E-state index in [-0.39, 0.29) is 18.1 Å². The summed E-state index contributed by atoms with van der Waals surface area (Å²) in [5, 5.41) is 23.3. The lowest BCUT2D eigenvalue weighted by Gasteiger charge is -2.12.